The van der Waals surface area contributed by atoms with E-state index in [9.17, 15) is 0 Å². The lowest BCUT2D eigenvalue weighted by atomic mass is 9.82. The first-order valence-electron chi connectivity index (χ1n) is 7.88. The molecule has 1 aliphatic rings. The van der Waals surface area contributed by atoms with Crippen LogP contribution >= 0.6 is 0 Å². The molecular formula is C17H27BO3. The number of rotatable bonds is 7. The fourth-order valence-corrected chi connectivity index (χ4v) is 2.36. The molecule has 0 saturated carbocycles. The van der Waals surface area contributed by atoms with Gasteiger partial charge in [0.1, 0.15) is 0 Å². The number of ether oxygens (including phenoxy) is 1. The molecule has 1 aromatic rings. The highest BCUT2D eigenvalue weighted by atomic mass is 16.7. The van der Waals surface area contributed by atoms with Gasteiger partial charge in [0.15, 0.2) is 0 Å². The lowest BCUT2D eigenvalue weighted by molar-refractivity contribution is 0.00578. The fourth-order valence-electron chi connectivity index (χ4n) is 2.36. The zero-order valence-corrected chi connectivity index (χ0v) is 13.7. The zero-order chi connectivity index (χ0) is 15.3. The quantitative estimate of drug-likeness (QED) is 0.559. The maximum absolute atomic E-state index is 5.98. The van der Waals surface area contributed by atoms with Crippen LogP contribution in [0.2, 0.25) is 6.32 Å². The van der Waals surface area contributed by atoms with Crippen LogP contribution in [0.4, 0.5) is 0 Å². The Bertz CT molecular complexity index is 415. The van der Waals surface area contributed by atoms with Crippen molar-refractivity contribution in [3.63, 3.8) is 0 Å². The van der Waals surface area contributed by atoms with Gasteiger partial charge in [-0.3, -0.25) is 0 Å². The third-order valence-corrected chi connectivity index (χ3v) is 4.39. The smallest absolute Gasteiger partial charge is 0.403 e. The average Bonchev–Trinajstić information content (AvgIpc) is 2.63. The summed E-state index contributed by atoms with van der Waals surface area (Å²) in [6, 6.07) is 10.3. The number of hydrogen-bond donors (Lipinski definition) is 0. The van der Waals surface area contributed by atoms with E-state index in [0.717, 1.165) is 25.8 Å². The summed E-state index contributed by atoms with van der Waals surface area (Å²) in [7, 11) is -0.0795. The van der Waals surface area contributed by atoms with Crippen molar-refractivity contribution in [1.29, 1.82) is 0 Å². The van der Waals surface area contributed by atoms with Crippen molar-refractivity contribution >= 4 is 7.12 Å². The Morgan fingerprint density at radius 2 is 1.57 bits per heavy atom. The fraction of sp³-hybridized carbons (Fsp3) is 0.647. The molecule has 3 nitrogen and oxygen atoms in total. The zero-order valence-electron chi connectivity index (χ0n) is 13.7. The van der Waals surface area contributed by atoms with Gasteiger partial charge < -0.3 is 14.0 Å². The SMILES string of the molecule is CC1(C)OB(CCCCOCc2ccccc2)OC1(C)C. The molecule has 1 saturated heterocycles. The third-order valence-electron chi connectivity index (χ3n) is 4.39. The van der Waals surface area contributed by atoms with E-state index < -0.39 is 0 Å². The number of unbranched alkanes of at least 4 members (excludes halogenated alkanes) is 1. The maximum Gasteiger partial charge on any atom is 0.457 e. The molecule has 0 unspecified atom stereocenters. The summed E-state index contributed by atoms with van der Waals surface area (Å²) in [5.74, 6) is 0. The van der Waals surface area contributed by atoms with Crippen molar-refractivity contribution < 1.29 is 14.0 Å². The second-order valence-corrected chi connectivity index (χ2v) is 6.72. The van der Waals surface area contributed by atoms with Crippen molar-refractivity contribution in [3.05, 3.63) is 35.9 Å². The molecule has 116 valence electrons. The molecule has 0 atom stereocenters. The van der Waals surface area contributed by atoms with Crippen LogP contribution in [-0.4, -0.2) is 24.9 Å². The molecule has 1 heterocycles. The normalized spacial score (nSPS) is 19.9. The molecule has 0 spiro atoms. The van der Waals surface area contributed by atoms with Crippen LogP contribution in [0.15, 0.2) is 30.3 Å². The largest absolute Gasteiger partial charge is 0.457 e. The Morgan fingerprint density at radius 1 is 0.952 bits per heavy atom. The Hall–Kier alpha value is -0.835. The van der Waals surface area contributed by atoms with E-state index >= 15 is 0 Å². The Labute approximate surface area is 129 Å². The van der Waals surface area contributed by atoms with Crippen molar-refractivity contribution in [2.75, 3.05) is 6.61 Å². The predicted octanol–water partition coefficient (Wildman–Crippen LogP) is 4.08. The summed E-state index contributed by atoms with van der Waals surface area (Å²) in [4.78, 5) is 0. The van der Waals surface area contributed by atoms with E-state index in [1.165, 1.54) is 5.56 Å². The van der Waals surface area contributed by atoms with E-state index in [1.807, 2.05) is 18.2 Å². The summed E-state index contributed by atoms with van der Waals surface area (Å²) in [6.45, 7) is 9.85. The van der Waals surface area contributed by atoms with Crippen molar-refractivity contribution in [1.82, 2.24) is 0 Å². The lowest BCUT2D eigenvalue weighted by Crippen LogP contribution is -2.41. The Balaban J connectivity index is 1.57. The minimum Gasteiger partial charge on any atom is -0.403 e. The van der Waals surface area contributed by atoms with Crippen LogP contribution in [-0.2, 0) is 20.7 Å². The van der Waals surface area contributed by atoms with Crippen LogP contribution in [0.5, 0.6) is 0 Å². The van der Waals surface area contributed by atoms with Gasteiger partial charge in [-0.1, -0.05) is 36.8 Å². The molecule has 0 aromatic heterocycles. The standard InChI is InChI=1S/C17H27BO3/c1-16(2)17(3,4)21-18(20-16)12-8-9-13-19-14-15-10-6-5-7-11-15/h5-7,10-11H,8-9,12-14H2,1-4H3. The highest BCUT2D eigenvalue weighted by Gasteiger charge is 2.50. The van der Waals surface area contributed by atoms with Gasteiger partial charge in [0.05, 0.1) is 17.8 Å². The Morgan fingerprint density at radius 3 is 2.19 bits per heavy atom. The third kappa shape index (κ3) is 4.57. The molecule has 0 bridgehead atoms. The molecule has 21 heavy (non-hydrogen) atoms. The number of benzene rings is 1. The van der Waals surface area contributed by atoms with Crippen molar-refractivity contribution in [3.8, 4) is 0 Å². The lowest BCUT2D eigenvalue weighted by Gasteiger charge is -2.32. The molecule has 0 radical (unpaired) electrons. The first kappa shape index (κ1) is 16.5. The maximum atomic E-state index is 5.98. The average molecular weight is 290 g/mol. The molecule has 0 aliphatic carbocycles. The summed E-state index contributed by atoms with van der Waals surface area (Å²) >= 11 is 0. The molecule has 0 amide bonds. The summed E-state index contributed by atoms with van der Waals surface area (Å²) in [5, 5.41) is 0. The summed E-state index contributed by atoms with van der Waals surface area (Å²) in [6.07, 6.45) is 3.03. The Kier molecular flexibility index (Phi) is 5.47. The minimum atomic E-state index is -0.221. The van der Waals surface area contributed by atoms with Gasteiger partial charge in [-0.25, -0.2) is 0 Å². The summed E-state index contributed by atoms with van der Waals surface area (Å²) in [5.41, 5.74) is 0.784. The van der Waals surface area contributed by atoms with Crippen LogP contribution in [0.3, 0.4) is 0 Å². The topological polar surface area (TPSA) is 27.7 Å². The minimum absolute atomic E-state index is 0.0795. The molecule has 1 aliphatic heterocycles. The second-order valence-electron chi connectivity index (χ2n) is 6.72. The van der Waals surface area contributed by atoms with Gasteiger partial charge in [0.25, 0.3) is 0 Å². The van der Waals surface area contributed by atoms with Gasteiger partial charge in [-0.2, -0.15) is 0 Å². The first-order valence-corrected chi connectivity index (χ1v) is 7.88. The van der Waals surface area contributed by atoms with Gasteiger partial charge >= 0.3 is 7.12 Å². The van der Waals surface area contributed by atoms with Gasteiger partial charge in [0, 0.05) is 6.61 Å². The van der Waals surface area contributed by atoms with E-state index in [0.29, 0.717) is 6.61 Å². The first-order chi connectivity index (χ1) is 9.91. The molecule has 1 fully saturated rings. The molecular weight excluding hydrogens is 263 g/mol. The van der Waals surface area contributed by atoms with Crippen molar-refractivity contribution in [2.24, 2.45) is 0 Å². The van der Waals surface area contributed by atoms with Crippen LogP contribution in [0.1, 0.15) is 46.1 Å². The monoisotopic (exact) mass is 290 g/mol. The van der Waals surface area contributed by atoms with E-state index in [4.69, 9.17) is 14.0 Å². The van der Waals surface area contributed by atoms with Crippen LogP contribution in [0, 0.1) is 0 Å². The predicted molar refractivity (Wildman–Crippen MR) is 86.2 cm³/mol. The van der Waals surface area contributed by atoms with E-state index in [2.05, 4.69) is 39.8 Å². The number of hydrogen-bond acceptors (Lipinski definition) is 3. The van der Waals surface area contributed by atoms with Crippen LogP contribution < -0.4 is 0 Å². The molecule has 4 heteroatoms. The van der Waals surface area contributed by atoms with Crippen molar-refractivity contribution in [2.45, 2.75) is 64.7 Å². The van der Waals surface area contributed by atoms with E-state index in [1.54, 1.807) is 0 Å². The molecule has 2 rings (SSSR count). The van der Waals surface area contributed by atoms with Gasteiger partial charge in [-0.05, 0) is 46.0 Å². The van der Waals surface area contributed by atoms with Gasteiger partial charge in [0.2, 0.25) is 0 Å². The highest BCUT2D eigenvalue weighted by Crippen LogP contribution is 2.38. The summed E-state index contributed by atoms with van der Waals surface area (Å²) < 4.78 is 17.6. The molecule has 0 N–H and O–H groups in total. The van der Waals surface area contributed by atoms with E-state index in [-0.39, 0.29) is 18.3 Å². The van der Waals surface area contributed by atoms with Gasteiger partial charge in [-0.15, -0.1) is 0 Å². The molecule has 1 aromatic carbocycles. The second kappa shape index (κ2) is 6.95. The highest BCUT2D eigenvalue weighted by molar-refractivity contribution is 6.45. The van der Waals surface area contributed by atoms with Crippen LogP contribution in [0.25, 0.3) is 0 Å².